The predicted octanol–water partition coefficient (Wildman–Crippen LogP) is 0.963. The average molecular weight is 141 g/mol. The van der Waals surface area contributed by atoms with E-state index in [4.69, 9.17) is 0 Å². The average Bonchev–Trinajstić information content (AvgIpc) is 1.82. The van der Waals surface area contributed by atoms with Gasteiger partial charge in [0, 0.05) is 5.92 Å². The molecule has 1 saturated carbocycles. The molecule has 1 aliphatic carbocycles. The number of carbonyl (C=O) groups is 1. The molecule has 58 valence electrons. The first-order chi connectivity index (χ1) is 4.75. The highest BCUT2D eigenvalue weighted by molar-refractivity contribution is 5.86. The number of nitrogens with one attached hydrogen (secondary N) is 1. The van der Waals surface area contributed by atoms with E-state index in [0.29, 0.717) is 11.7 Å². The lowest BCUT2D eigenvalue weighted by atomic mass is 9.80. The fourth-order valence-electron chi connectivity index (χ4n) is 1.19. The van der Waals surface area contributed by atoms with Gasteiger partial charge in [-0.2, -0.15) is 0 Å². The number of likely N-dealkylation sites (N-methyl/N-ethyl adjacent to an activating group) is 1. The van der Waals surface area contributed by atoms with E-state index in [0.717, 1.165) is 12.8 Å². The van der Waals surface area contributed by atoms with Crippen LogP contribution in [0.25, 0.3) is 0 Å². The van der Waals surface area contributed by atoms with Gasteiger partial charge in [0.05, 0.1) is 6.04 Å². The van der Waals surface area contributed by atoms with Gasteiger partial charge in [0.25, 0.3) is 0 Å². The molecule has 1 aliphatic rings. The molecule has 10 heavy (non-hydrogen) atoms. The fourth-order valence-corrected chi connectivity index (χ4v) is 1.19. The van der Waals surface area contributed by atoms with Crippen molar-refractivity contribution in [1.82, 2.24) is 5.32 Å². The summed E-state index contributed by atoms with van der Waals surface area (Å²) in [6.45, 7) is 1.93. The number of carbonyl (C=O) groups excluding carboxylic acids is 1. The summed E-state index contributed by atoms with van der Waals surface area (Å²) in [6.07, 6.45) is 3.47. The molecule has 0 amide bonds. The third-order valence-electron chi connectivity index (χ3n) is 2.37. The van der Waals surface area contributed by atoms with Crippen LogP contribution in [0.4, 0.5) is 0 Å². The molecular formula is C8H15NO. The Balaban J connectivity index is 2.32. The third-order valence-corrected chi connectivity index (χ3v) is 2.37. The molecular weight excluding hydrogens is 126 g/mol. The third kappa shape index (κ3) is 1.37. The van der Waals surface area contributed by atoms with E-state index in [1.807, 2.05) is 14.0 Å². The molecule has 0 aromatic heterocycles. The lowest BCUT2D eigenvalue weighted by Gasteiger charge is -2.26. The normalized spacial score (nSPS) is 21.8. The molecule has 2 heteroatoms. The molecule has 0 spiro atoms. The molecule has 0 bridgehead atoms. The highest BCUT2D eigenvalue weighted by Crippen LogP contribution is 2.27. The summed E-state index contributed by atoms with van der Waals surface area (Å²) in [5.41, 5.74) is 0. The van der Waals surface area contributed by atoms with Gasteiger partial charge in [-0.3, -0.25) is 4.79 Å². The van der Waals surface area contributed by atoms with Crippen molar-refractivity contribution < 1.29 is 4.79 Å². The second-order valence-electron chi connectivity index (χ2n) is 3.04. The summed E-state index contributed by atoms with van der Waals surface area (Å²) in [7, 11) is 1.83. The van der Waals surface area contributed by atoms with Crippen LogP contribution in [0, 0.1) is 5.92 Å². The minimum absolute atomic E-state index is 0.0605. The van der Waals surface area contributed by atoms with Crippen molar-refractivity contribution in [3.63, 3.8) is 0 Å². The summed E-state index contributed by atoms with van der Waals surface area (Å²) >= 11 is 0. The standard InChI is InChI=1S/C8H15NO/c1-6(9-2)8(10)7-4-3-5-7/h6-7,9H,3-5H2,1-2H3. The lowest BCUT2D eigenvalue weighted by Crippen LogP contribution is -2.38. The zero-order valence-corrected chi connectivity index (χ0v) is 6.68. The second-order valence-corrected chi connectivity index (χ2v) is 3.04. The van der Waals surface area contributed by atoms with Gasteiger partial charge in [-0.25, -0.2) is 0 Å². The fraction of sp³-hybridized carbons (Fsp3) is 0.875. The van der Waals surface area contributed by atoms with Crippen LogP contribution in [-0.4, -0.2) is 18.9 Å². The Kier molecular flexibility index (Phi) is 2.44. The van der Waals surface area contributed by atoms with Crippen LogP contribution >= 0.6 is 0 Å². The molecule has 0 aliphatic heterocycles. The van der Waals surface area contributed by atoms with Gasteiger partial charge in [-0.15, -0.1) is 0 Å². The quantitative estimate of drug-likeness (QED) is 0.634. The van der Waals surface area contributed by atoms with Crippen molar-refractivity contribution >= 4 is 5.78 Å². The van der Waals surface area contributed by atoms with Gasteiger partial charge in [0.15, 0.2) is 5.78 Å². The Labute approximate surface area is 62.0 Å². The SMILES string of the molecule is CNC(C)C(=O)C1CCC1. The van der Waals surface area contributed by atoms with Crippen LogP contribution in [0.3, 0.4) is 0 Å². The molecule has 0 saturated heterocycles. The molecule has 0 heterocycles. The molecule has 2 nitrogen and oxygen atoms in total. The monoisotopic (exact) mass is 141 g/mol. The molecule has 0 radical (unpaired) electrons. The van der Waals surface area contributed by atoms with Crippen molar-refractivity contribution in [2.75, 3.05) is 7.05 Å². The zero-order valence-electron chi connectivity index (χ0n) is 6.68. The Hall–Kier alpha value is -0.370. The van der Waals surface area contributed by atoms with Gasteiger partial charge < -0.3 is 5.32 Å². The number of rotatable bonds is 3. The van der Waals surface area contributed by atoms with Crippen LogP contribution in [0.15, 0.2) is 0 Å². The largest absolute Gasteiger partial charge is 0.311 e. The smallest absolute Gasteiger partial charge is 0.152 e. The summed E-state index contributed by atoms with van der Waals surface area (Å²) in [5, 5.41) is 2.96. The van der Waals surface area contributed by atoms with Crippen LogP contribution in [0.5, 0.6) is 0 Å². The van der Waals surface area contributed by atoms with Gasteiger partial charge in [-0.05, 0) is 26.8 Å². The van der Waals surface area contributed by atoms with Crippen LogP contribution in [-0.2, 0) is 4.79 Å². The van der Waals surface area contributed by atoms with Crippen LogP contribution in [0.1, 0.15) is 26.2 Å². The maximum atomic E-state index is 11.3. The molecule has 0 aromatic carbocycles. The lowest BCUT2D eigenvalue weighted by molar-refractivity contribution is -0.126. The molecule has 1 unspecified atom stereocenters. The molecule has 0 aromatic rings. The maximum Gasteiger partial charge on any atom is 0.152 e. The zero-order chi connectivity index (χ0) is 7.56. The Morgan fingerprint density at radius 3 is 2.50 bits per heavy atom. The van der Waals surface area contributed by atoms with E-state index < -0.39 is 0 Å². The molecule has 1 rings (SSSR count). The molecule has 1 atom stereocenters. The first-order valence-corrected chi connectivity index (χ1v) is 3.96. The Morgan fingerprint density at radius 2 is 2.20 bits per heavy atom. The summed E-state index contributed by atoms with van der Waals surface area (Å²) in [6, 6.07) is 0.0605. The van der Waals surface area contributed by atoms with Gasteiger partial charge in [0.1, 0.15) is 0 Å². The number of ketones is 1. The van der Waals surface area contributed by atoms with Gasteiger partial charge in [-0.1, -0.05) is 6.42 Å². The van der Waals surface area contributed by atoms with Crippen LogP contribution < -0.4 is 5.32 Å². The van der Waals surface area contributed by atoms with Crippen molar-refractivity contribution in [3.8, 4) is 0 Å². The van der Waals surface area contributed by atoms with Crippen LogP contribution in [0.2, 0.25) is 0 Å². The number of hydrogen-bond donors (Lipinski definition) is 1. The predicted molar refractivity (Wildman–Crippen MR) is 40.9 cm³/mol. The van der Waals surface area contributed by atoms with E-state index in [-0.39, 0.29) is 6.04 Å². The van der Waals surface area contributed by atoms with Crippen molar-refractivity contribution in [1.29, 1.82) is 0 Å². The van der Waals surface area contributed by atoms with E-state index in [1.54, 1.807) is 0 Å². The highest BCUT2D eigenvalue weighted by atomic mass is 16.1. The first-order valence-electron chi connectivity index (χ1n) is 3.96. The topological polar surface area (TPSA) is 29.1 Å². The summed E-state index contributed by atoms with van der Waals surface area (Å²) < 4.78 is 0. The maximum absolute atomic E-state index is 11.3. The van der Waals surface area contributed by atoms with Crippen molar-refractivity contribution in [2.24, 2.45) is 5.92 Å². The van der Waals surface area contributed by atoms with E-state index in [9.17, 15) is 4.79 Å². The van der Waals surface area contributed by atoms with E-state index in [2.05, 4.69) is 5.32 Å². The van der Waals surface area contributed by atoms with E-state index >= 15 is 0 Å². The highest BCUT2D eigenvalue weighted by Gasteiger charge is 2.27. The van der Waals surface area contributed by atoms with Crippen molar-refractivity contribution in [3.05, 3.63) is 0 Å². The van der Waals surface area contributed by atoms with Gasteiger partial charge in [0.2, 0.25) is 0 Å². The van der Waals surface area contributed by atoms with E-state index in [1.165, 1.54) is 6.42 Å². The minimum Gasteiger partial charge on any atom is -0.311 e. The summed E-state index contributed by atoms with van der Waals surface area (Å²) in [4.78, 5) is 11.3. The number of hydrogen-bond acceptors (Lipinski definition) is 2. The van der Waals surface area contributed by atoms with Crippen molar-refractivity contribution in [2.45, 2.75) is 32.2 Å². The second kappa shape index (κ2) is 3.15. The molecule has 1 N–H and O–H groups in total. The first kappa shape index (κ1) is 7.73. The Bertz CT molecular complexity index is 122. The molecule has 1 fully saturated rings. The number of Topliss-reactive ketones (excluding diaryl/α,β-unsaturated/α-hetero) is 1. The summed E-state index contributed by atoms with van der Waals surface area (Å²) in [5.74, 6) is 0.774. The van der Waals surface area contributed by atoms with Gasteiger partial charge >= 0.3 is 0 Å². The minimum atomic E-state index is 0.0605. The Morgan fingerprint density at radius 1 is 1.60 bits per heavy atom.